The fraction of sp³-hybridized carbons (Fsp3) is 0.846. The van der Waals surface area contributed by atoms with Gasteiger partial charge in [0.25, 0.3) is 0 Å². The fourth-order valence-corrected chi connectivity index (χ4v) is 4.45. The number of rotatable bonds is 18. The van der Waals surface area contributed by atoms with Gasteiger partial charge in [0.1, 0.15) is 6.54 Å². The highest BCUT2D eigenvalue weighted by atomic mass is 16.4. The van der Waals surface area contributed by atoms with Crippen LogP contribution in [0.15, 0.2) is 12.2 Å². The van der Waals surface area contributed by atoms with E-state index in [4.69, 9.17) is 5.11 Å². The van der Waals surface area contributed by atoms with Crippen LogP contribution in [-0.2, 0) is 9.59 Å². The molecule has 1 aliphatic rings. The molecule has 0 unspecified atom stereocenters. The van der Waals surface area contributed by atoms with Crippen LogP contribution in [0, 0.1) is 0 Å². The third-order valence-electron chi connectivity index (χ3n) is 6.29. The fourth-order valence-electron chi connectivity index (χ4n) is 4.45. The van der Waals surface area contributed by atoms with E-state index < -0.39 is 5.97 Å². The molecule has 0 bridgehead atoms. The number of carbonyl (C=O) groups is 2. The number of carboxylic acid groups (broad SMARTS) is 1. The summed E-state index contributed by atoms with van der Waals surface area (Å²) < 4.78 is 0. The zero-order valence-corrected chi connectivity index (χ0v) is 19.6. The van der Waals surface area contributed by atoms with Crippen molar-refractivity contribution in [2.45, 2.75) is 135 Å². The van der Waals surface area contributed by atoms with E-state index >= 15 is 0 Å². The van der Waals surface area contributed by atoms with E-state index in [1.54, 1.807) is 4.90 Å². The number of aliphatic carboxylic acids is 1. The van der Waals surface area contributed by atoms with E-state index in [2.05, 4.69) is 19.1 Å². The molecule has 1 fully saturated rings. The summed E-state index contributed by atoms with van der Waals surface area (Å²) in [5.41, 5.74) is 0. The van der Waals surface area contributed by atoms with Crippen LogP contribution in [0.2, 0.25) is 0 Å². The lowest BCUT2D eigenvalue weighted by Crippen LogP contribution is -2.44. The first-order valence-electron chi connectivity index (χ1n) is 12.8. The Kier molecular flexibility index (Phi) is 16.4. The molecular formula is C26H47NO3. The summed E-state index contributed by atoms with van der Waals surface area (Å²) in [6.07, 6.45) is 26.7. The molecule has 0 spiro atoms. The molecule has 30 heavy (non-hydrogen) atoms. The van der Waals surface area contributed by atoms with E-state index in [0.29, 0.717) is 6.42 Å². The first-order chi connectivity index (χ1) is 14.6. The molecule has 4 heteroatoms. The van der Waals surface area contributed by atoms with Crippen LogP contribution in [0.3, 0.4) is 0 Å². The number of hydrogen-bond acceptors (Lipinski definition) is 2. The van der Waals surface area contributed by atoms with Gasteiger partial charge in [-0.15, -0.1) is 0 Å². The average molecular weight is 422 g/mol. The predicted octanol–water partition coefficient (Wildman–Crippen LogP) is 7.27. The molecular weight excluding hydrogens is 374 g/mol. The van der Waals surface area contributed by atoms with Gasteiger partial charge in [0.15, 0.2) is 0 Å². The lowest BCUT2D eigenvalue weighted by atomic mass is 9.93. The van der Waals surface area contributed by atoms with E-state index in [0.717, 1.165) is 38.5 Å². The van der Waals surface area contributed by atoms with Gasteiger partial charge in [-0.1, -0.05) is 89.7 Å². The second-order valence-corrected chi connectivity index (χ2v) is 9.04. The van der Waals surface area contributed by atoms with Crippen LogP contribution in [0.1, 0.15) is 129 Å². The van der Waals surface area contributed by atoms with Gasteiger partial charge < -0.3 is 10.0 Å². The van der Waals surface area contributed by atoms with Crippen molar-refractivity contribution in [3.63, 3.8) is 0 Å². The number of carboxylic acids is 1. The van der Waals surface area contributed by atoms with Crippen molar-refractivity contribution in [2.75, 3.05) is 6.54 Å². The molecule has 0 radical (unpaired) electrons. The molecule has 1 saturated carbocycles. The summed E-state index contributed by atoms with van der Waals surface area (Å²) in [5.74, 6) is -0.847. The lowest BCUT2D eigenvalue weighted by molar-refractivity contribution is -0.146. The molecule has 1 amide bonds. The van der Waals surface area contributed by atoms with Gasteiger partial charge in [-0.2, -0.15) is 0 Å². The Labute approximate surface area is 185 Å². The number of nitrogens with zero attached hydrogens (tertiary/aromatic N) is 1. The van der Waals surface area contributed by atoms with Crippen LogP contribution >= 0.6 is 0 Å². The van der Waals surface area contributed by atoms with E-state index in [-0.39, 0.29) is 18.5 Å². The van der Waals surface area contributed by atoms with Gasteiger partial charge >= 0.3 is 5.97 Å². The van der Waals surface area contributed by atoms with Gasteiger partial charge in [-0.25, -0.2) is 0 Å². The Bertz CT molecular complexity index is 469. The van der Waals surface area contributed by atoms with E-state index in [1.165, 1.54) is 77.0 Å². The normalized spacial score (nSPS) is 15.0. The third-order valence-corrected chi connectivity index (χ3v) is 6.29. The summed E-state index contributed by atoms with van der Waals surface area (Å²) in [5, 5.41) is 9.17. The number of amides is 1. The molecule has 0 aromatic heterocycles. The van der Waals surface area contributed by atoms with Crippen molar-refractivity contribution < 1.29 is 14.7 Å². The molecule has 174 valence electrons. The van der Waals surface area contributed by atoms with Crippen LogP contribution < -0.4 is 0 Å². The quantitative estimate of drug-likeness (QED) is 0.187. The number of allylic oxidation sites excluding steroid dienone is 2. The summed E-state index contributed by atoms with van der Waals surface area (Å²) in [6.45, 7) is 2.13. The predicted molar refractivity (Wildman–Crippen MR) is 126 cm³/mol. The van der Waals surface area contributed by atoms with E-state index in [9.17, 15) is 9.59 Å². The highest BCUT2D eigenvalue weighted by Gasteiger charge is 2.26. The Balaban J connectivity index is 2.02. The van der Waals surface area contributed by atoms with Gasteiger partial charge in [-0.05, 0) is 44.9 Å². The Morgan fingerprint density at radius 1 is 0.800 bits per heavy atom. The van der Waals surface area contributed by atoms with Crippen LogP contribution in [0.4, 0.5) is 0 Å². The van der Waals surface area contributed by atoms with Crippen molar-refractivity contribution in [1.29, 1.82) is 0 Å². The molecule has 0 saturated heterocycles. The monoisotopic (exact) mass is 421 g/mol. The minimum Gasteiger partial charge on any atom is -0.480 e. The topological polar surface area (TPSA) is 57.6 Å². The largest absolute Gasteiger partial charge is 0.480 e. The van der Waals surface area contributed by atoms with Gasteiger partial charge in [-0.3, -0.25) is 9.59 Å². The Morgan fingerprint density at radius 2 is 1.33 bits per heavy atom. The Morgan fingerprint density at radius 3 is 1.90 bits per heavy atom. The van der Waals surface area contributed by atoms with Crippen molar-refractivity contribution in [3.05, 3.63) is 12.2 Å². The second kappa shape index (κ2) is 18.4. The van der Waals surface area contributed by atoms with Gasteiger partial charge in [0, 0.05) is 12.5 Å². The molecule has 1 aliphatic carbocycles. The zero-order chi connectivity index (χ0) is 21.9. The lowest BCUT2D eigenvalue weighted by Gasteiger charge is -2.33. The Hall–Kier alpha value is -1.32. The maximum atomic E-state index is 12.6. The average Bonchev–Trinajstić information content (AvgIpc) is 2.75. The van der Waals surface area contributed by atoms with Crippen LogP contribution in [0.5, 0.6) is 0 Å². The number of unbranched alkanes of at least 4 members (excludes halogenated alkanes) is 11. The molecule has 0 aromatic carbocycles. The smallest absolute Gasteiger partial charge is 0.323 e. The highest BCUT2D eigenvalue weighted by molar-refractivity contribution is 5.81. The number of hydrogen-bond donors (Lipinski definition) is 1. The van der Waals surface area contributed by atoms with Crippen LogP contribution in [0.25, 0.3) is 0 Å². The zero-order valence-electron chi connectivity index (χ0n) is 19.6. The van der Waals surface area contributed by atoms with Crippen LogP contribution in [-0.4, -0.2) is 34.5 Å². The first kappa shape index (κ1) is 26.7. The summed E-state index contributed by atoms with van der Waals surface area (Å²) in [7, 11) is 0. The molecule has 0 heterocycles. The van der Waals surface area contributed by atoms with Gasteiger partial charge in [0.05, 0.1) is 0 Å². The summed E-state index contributed by atoms with van der Waals surface area (Å²) in [6, 6.07) is 0.144. The summed E-state index contributed by atoms with van der Waals surface area (Å²) >= 11 is 0. The van der Waals surface area contributed by atoms with Crippen molar-refractivity contribution in [3.8, 4) is 0 Å². The highest BCUT2D eigenvalue weighted by Crippen LogP contribution is 2.23. The first-order valence-corrected chi connectivity index (χ1v) is 12.8. The molecule has 0 atom stereocenters. The third kappa shape index (κ3) is 13.8. The summed E-state index contributed by atoms with van der Waals surface area (Å²) in [4.78, 5) is 25.4. The molecule has 0 aromatic rings. The maximum Gasteiger partial charge on any atom is 0.323 e. The van der Waals surface area contributed by atoms with Crippen molar-refractivity contribution in [1.82, 2.24) is 4.90 Å². The standard InChI is InChI=1S/C26H47NO3/c1-2-3-4-5-6-7-8-9-10-11-12-13-14-15-19-22-25(28)27(23-26(29)30)24-20-17-16-18-21-24/h9-10,24H,2-8,11-23H2,1H3,(H,29,30)/b10-9-. The second-order valence-electron chi connectivity index (χ2n) is 9.04. The minimum atomic E-state index is -0.890. The SMILES string of the molecule is CCCCCCCC/C=C\CCCCCCCC(=O)N(CC(=O)O)C1CCCCC1. The maximum absolute atomic E-state index is 12.6. The molecule has 1 N–H and O–H groups in total. The molecule has 0 aliphatic heterocycles. The minimum absolute atomic E-state index is 0.0435. The van der Waals surface area contributed by atoms with Gasteiger partial charge in [0.2, 0.25) is 5.91 Å². The molecule has 4 nitrogen and oxygen atoms in total. The van der Waals surface area contributed by atoms with E-state index in [1.807, 2.05) is 0 Å². The number of carbonyl (C=O) groups excluding carboxylic acids is 1. The molecule has 1 rings (SSSR count). The van der Waals surface area contributed by atoms with Crippen molar-refractivity contribution >= 4 is 11.9 Å². The van der Waals surface area contributed by atoms with Crippen molar-refractivity contribution in [2.24, 2.45) is 0 Å².